The largest absolute Gasteiger partial charge is 0.507 e. The first-order chi connectivity index (χ1) is 10.0. The molecule has 3 rings (SSSR count). The Balaban J connectivity index is 2.15. The molecule has 0 radical (unpaired) electrons. The minimum atomic E-state index is -0.190. The summed E-state index contributed by atoms with van der Waals surface area (Å²) in [4.78, 5) is 19.5. The van der Waals surface area contributed by atoms with Gasteiger partial charge < -0.3 is 14.8 Å². The molecule has 106 valence electrons. The van der Waals surface area contributed by atoms with E-state index in [0.29, 0.717) is 28.0 Å². The molecule has 0 saturated carbocycles. The lowest BCUT2D eigenvalue weighted by Crippen LogP contribution is -2.06. The van der Waals surface area contributed by atoms with Crippen LogP contribution in [0.25, 0.3) is 22.7 Å². The molecule has 0 aliphatic rings. The number of nitrogens with one attached hydrogen (secondary N) is 1. The highest BCUT2D eigenvalue weighted by Crippen LogP contribution is 2.35. The van der Waals surface area contributed by atoms with Crippen LogP contribution in [0.15, 0.2) is 34.9 Å². The van der Waals surface area contributed by atoms with E-state index in [4.69, 9.17) is 4.42 Å². The fraction of sp³-hybridized carbons (Fsp3) is 0.133. The molecule has 2 aromatic heterocycles. The number of fused-ring (bicyclic) bond motifs is 1. The molecule has 0 aliphatic heterocycles. The zero-order chi connectivity index (χ0) is 15.0. The predicted molar refractivity (Wildman–Crippen MR) is 77.9 cm³/mol. The van der Waals surface area contributed by atoms with Gasteiger partial charge in [-0.25, -0.2) is 4.98 Å². The van der Waals surface area contributed by atoms with Gasteiger partial charge in [0.1, 0.15) is 5.75 Å². The van der Waals surface area contributed by atoms with E-state index in [0.717, 1.165) is 0 Å². The third kappa shape index (κ3) is 2.43. The third-order valence-electron chi connectivity index (χ3n) is 3.02. The van der Waals surface area contributed by atoms with Crippen LogP contribution in [0.5, 0.6) is 5.75 Å². The van der Waals surface area contributed by atoms with Gasteiger partial charge in [0, 0.05) is 18.8 Å². The van der Waals surface area contributed by atoms with Crippen LogP contribution >= 0.6 is 0 Å². The maximum absolute atomic E-state index is 11.2. The summed E-state index contributed by atoms with van der Waals surface area (Å²) in [5.41, 5.74) is 2.61. The summed E-state index contributed by atoms with van der Waals surface area (Å²) in [5, 5.41) is 12.9. The first-order valence-corrected chi connectivity index (χ1v) is 6.38. The number of carbonyl (C=O) groups excluding carboxylic acids is 1. The maximum Gasteiger partial charge on any atom is 0.232 e. The minimum absolute atomic E-state index is 0.0654. The van der Waals surface area contributed by atoms with Gasteiger partial charge in [-0.1, -0.05) is 0 Å². The average Bonchev–Trinajstić information content (AvgIpc) is 2.85. The van der Waals surface area contributed by atoms with Crippen molar-refractivity contribution in [3.8, 4) is 17.2 Å². The molecule has 1 amide bonds. The molecule has 0 fully saturated rings. The number of benzene rings is 1. The van der Waals surface area contributed by atoms with Crippen LogP contribution in [0.4, 0.5) is 5.69 Å². The standard InChI is InChI=1S/C15H13N3O3/c1-8-6-10(17-9(2)19)7-11(13(8)20)15-18-14-12(21-15)4-3-5-16-14/h3-7,20H,1-2H3,(H,17,19). The Labute approximate surface area is 120 Å². The number of anilines is 1. The van der Waals surface area contributed by atoms with Crippen molar-refractivity contribution in [2.45, 2.75) is 13.8 Å². The normalized spacial score (nSPS) is 10.8. The van der Waals surface area contributed by atoms with Crippen molar-refractivity contribution in [2.24, 2.45) is 0 Å². The van der Waals surface area contributed by atoms with Gasteiger partial charge in [0.15, 0.2) is 11.2 Å². The fourth-order valence-electron chi connectivity index (χ4n) is 2.10. The molecule has 0 bridgehead atoms. The molecule has 0 aliphatic carbocycles. The van der Waals surface area contributed by atoms with E-state index in [-0.39, 0.29) is 17.5 Å². The SMILES string of the molecule is CC(=O)Nc1cc(C)c(O)c(-c2nc3ncccc3o2)c1. The zero-order valence-corrected chi connectivity index (χ0v) is 11.5. The van der Waals surface area contributed by atoms with E-state index >= 15 is 0 Å². The topological polar surface area (TPSA) is 88.2 Å². The Bertz CT molecular complexity index is 806. The highest BCUT2D eigenvalue weighted by Gasteiger charge is 2.16. The van der Waals surface area contributed by atoms with Gasteiger partial charge in [0.25, 0.3) is 0 Å². The van der Waals surface area contributed by atoms with Crippen molar-refractivity contribution in [2.75, 3.05) is 5.32 Å². The van der Waals surface area contributed by atoms with E-state index in [9.17, 15) is 9.90 Å². The van der Waals surface area contributed by atoms with Crippen LogP contribution < -0.4 is 5.32 Å². The molecule has 2 N–H and O–H groups in total. The molecule has 1 aromatic carbocycles. The number of aryl methyl sites for hydroxylation is 1. The summed E-state index contributed by atoms with van der Waals surface area (Å²) < 4.78 is 5.60. The maximum atomic E-state index is 11.2. The minimum Gasteiger partial charge on any atom is -0.507 e. The highest BCUT2D eigenvalue weighted by molar-refractivity contribution is 5.90. The first kappa shape index (κ1) is 13.1. The predicted octanol–water partition coefficient (Wildman–Crippen LogP) is 2.86. The van der Waals surface area contributed by atoms with Crippen molar-refractivity contribution in [3.05, 3.63) is 36.0 Å². The van der Waals surface area contributed by atoms with Crippen molar-refractivity contribution >= 4 is 22.8 Å². The van der Waals surface area contributed by atoms with Gasteiger partial charge in [-0.3, -0.25) is 4.79 Å². The van der Waals surface area contributed by atoms with E-state index in [1.165, 1.54) is 6.92 Å². The van der Waals surface area contributed by atoms with Crippen LogP contribution in [0, 0.1) is 6.92 Å². The summed E-state index contributed by atoms with van der Waals surface area (Å²) in [7, 11) is 0. The van der Waals surface area contributed by atoms with Crippen LogP contribution in [0.2, 0.25) is 0 Å². The number of rotatable bonds is 2. The molecule has 2 heterocycles. The fourth-order valence-corrected chi connectivity index (χ4v) is 2.10. The van der Waals surface area contributed by atoms with Crippen LogP contribution in [-0.2, 0) is 4.79 Å². The Kier molecular flexibility index (Phi) is 3.06. The number of pyridine rings is 1. The summed E-state index contributed by atoms with van der Waals surface area (Å²) >= 11 is 0. The third-order valence-corrected chi connectivity index (χ3v) is 3.02. The molecule has 0 spiro atoms. The van der Waals surface area contributed by atoms with Gasteiger partial charge in [-0.2, -0.15) is 4.98 Å². The van der Waals surface area contributed by atoms with Crippen LogP contribution in [-0.4, -0.2) is 21.0 Å². The average molecular weight is 283 g/mol. The van der Waals surface area contributed by atoms with E-state index in [1.807, 2.05) is 0 Å². The van der Waals surface area contributed by atoms with E-state index < -0.39 is 0 Å². The van der Waals surface area contributed by atoms with Gasteiger partial charge in [-0.05, 0) is 36.8 Å². The summed E-state index contributed by atoms with van der Waals surface area (Å²) in [5.74, 6) is 0.137. The molecule has 0 saturated heterocycles. The van der Waals surface area contributed by atoms with Crippen LogP contribution in [0.3, 0.4) is 0 Å². The van der Waals surface area contributed by atoms with Gasteiger partial charge in [-0.15, -0.1) is 0 Å². The number of hydrogen-bond donors (Lipinski definition) is 2. The molecule has 6 heteroatoms. The number of nitrogens with zero attached hydrogens (tertiary/aromatic N) is 2. The number of hydrogen-bond acceptors (Lipinski definition) is 5. The highest BCUT2D eigenvalue weighted by atomic mass is 16.4. The monoisotopic (exact) mass is 283 g/mol. The number of aromatic hydroxyl groups is 1. The smallest absolute Gasteiger partial charge is 0.232 e. The zero-order valence-electron chi connectivity index (χ0n) is 11.5. The van der Waals surface area contributed by atoms with Gasteiger partial charge >= 0.3 is 0 Å². The molecular formula is C15H13N3O3. The molecule has 6 nitrogen and oxygen atoms in total. The Morgan fingerprint density at radius 1 is 1.38 bits per heavy atom. The lowest BCUT2D eigenvalue weighted by molar-refractivity contribution is -0.114. The number of phenolic OH excluding ortho intramolecular Hbond substituents is 1. The van der Waals surface area contributed by atoms with Crippen molar-refractivity contribution in [3.63, 3.8) is 0 Å². The summed E-state index contributed by atoms with van der Waals surface area (Å²) in [6.07, 6.45) is 1.62. The Morgan fingerprint density at radius 3 is 2.90 bits per heavy atom. The van der Waals surface area contributed by atoms with Crippen LogP contribution in [0.1, 0.15) is 12.5 Å². The molecule has 3 aromatic rings. The molecule has 0 atom stereocenters. The number of amides is 1. The Hall–Kier alpha value is -2.89. The lowest BCUT2D eigenvalue weighted by atomic mass is 10.1. The number of aromatic nitrogens is 2. The Morgan fingerprint density at radius 2 is 2.19 bits per heavy atom. The second-order valence-corrected chi connectivity index (χ2v) is 4.71. The number of oxazole rings is 1. The van der Waals surface area contributed by atoms with Gasteiger partial charge in [0.05, 0.1) is 5.56 Å². The van der Waals surface area contributed by atoms with Crippen molar-refractivity contribution in [1.29, 1.82) is 0 Å². The molecule has 21 heavy (non-hydrogen) atoms. The second kappa shape index (κ2) is 4.90. The van der Waals surface area contributed by atoms with Gasteiger partial charge in [0.2, 0.25) is 11.8 Å². The molecular weight excluding hydrogens is 270 g/mol. The first-order valence-electron chi connectivity index (χ1n) is 6.38. The molecule has 0 unspecified atom stereocenters. The number of phenols is 1. The summed E-state index contributed by atoms with van der Waals surface area (Å²) in [6, 6.07) is 6.80. The van der Waals surface area contributed by atoms with E-state index in [2.05, 4.69) is 15.3 Å². The second-order valence-electron chi connectivity index (χ2n) is 4.71. The van der Waals surface area contributed by atoms with Crippen molar-refractivity contribution < 1.29 is 14.3 Å². The van der Waals surface area contributed by atoms with Crippen molar-refractivity contribution in [1.82, 2.24) is 9.97 Å². The number of carbonyl (C=O) groups is 1. The lowest BCUT2D eigenvalue weighted by Gasteiger charge is -2.08. The summed E-state index contributed by atoms with van der Waals surface area (Å²) in [6.45, 7) is 3.16. The quantitative estimate of drug-likeness (QED) is 0.706. The van der Waals surface area contributed by atoms with E-state index in [1.54, 1.807) is 37.4 Å².